The van der Waals surface area contributed by atoms with Gasteiger partial charge in [-0.25, -0.2) is 0 Å². The number of aromatic nitrogens is 3. The van der Waals surface area contributed by atoms with Gasteiger partial charge >= 0.3 is 0 Å². The molecule has 3 rings (SSSR count). The zero-order valence-electron chi connectivity index (χ0n) is 13.0. The van der Waals surface area contributed by atoms with Gasteiger partial charge in [0, 0.05) is 43.3 Å². The molecule has 1 amide bonds. The molecule has 116 valence electrons. The first-order valence-electron chi connectivity index (χ1n) is 7.43. The summed E-state index contributed by atoms with van der Waals surface area (Å²) < 4.78 is 1.88. The summed E-state index contributed by atoms with van der Waals surface area (Å²) in [5.74, 6) is -0.0248. The minimum Gasteiger partial charge on any atom is -0.337 e. The van der Waals surface area contributed by atoms with E-state index in [0.29, 0.717) is 12.1 Å². The van der Waals surface area contributed by atoms with E-state index < -0.39 is 0 Å². The van der Waals surface area contributed by atoms with Crippen molar-refractivity contribution in [2.45, 2.75) is 13.1 Å². The Balaban J connectivity index is 1.63. The van der Waals surface area contributed by atoms with Crippen LogP contribution in [0.4, 0.5) is 0 Å². The Morgan fingerprint density at radius 3 is 2.57 bits per heavy atom. The van der Waals surface area contributed by atoms with Gasteiger partial charge in [0.25, 0.3) is 5.91 Å². The van der Waals surface area contributed by atoms with Crippen molar-refractivity contribution in [3.05, 3.63) is 83.9 Å². The zero-order chi connectivity index (χ0) is 16.1. The summed E-state index contributed by atoms with van der Waals surface area (Å²) in [5.41, 5.74) is 2.84. The van der Waals surface area contributed by atoms with Crippen LogP contribution in [-0.4, -0.2) is 32.6 Å². The molecule has 0 spiro atoms. The van der Waals surface area contributed by atoms with Crippen molar-refractivity contribution in [1.29, 1.82) is 0 Å². The number of carbonyl (C=O) groups excluding carboxylic acids is 1. The fourth-order valence-electron chi connectivity index (χ4n) is 2.41. The number of amides is 1. The molecule has 0 aliphatic carbocycles. The number of pyridine rings is 1. The third-order valence-corrected chi connectivity index (χ3v) is 3.57. The first-order chi connectivity index (χ1) is 11.2. The fraction of sp³-hybridized carbons (Fsp3) is 0.167. The number of carbonyl (C=O) groups is 1. The number of hydrogen-bond acceptors (Lipinski definition) is 3. The van der Waals surface area contributed by atoms with E-state index in [1.807, 2.05) is 29.1 Å². The molecule has 5 heteroatoms. The number of benzene rings is 1. The Hall–Kier alpha value is -2.95. The Morgan fingerprint density at radius 1 is 1.09 bits per heavy atom. The van der Waals surface area contributed by atoms with Crippen LogP contribution in [0.3, 0.4) is 0 Å². The van der Waals surface area contributed by atoms with Crippen molar-refractivity contribution in [2.24, 2.45) is 0 Å². The van der Waals surface area contributed by atoms with E-state index in [-0.39, 0.29) is 5.91 Å². The van der Waals surface area contributed by atoms with Gasteiger partial charge in [0.05, 0.1) is 12.7 Å². The highest BCUT2D eigenvalue weighted by atomic mass is 16.2. The quantitative estimate of drug-likeness (QED) is 0.728. The first kappa shape index (κ1) is 15.0. The standard InChI is InChI=1S/C18H18N4O/c1-21(18(23)17-7-9-19-10-8-17)12-16-11-20-22(14-16)13-15-5-3-2-4-6-15/h2-11,14H,12-13H2,1H3. The summed E-state index contributed by atoms with van der Waals surface area (Å²) in [4.78, 5) is 17.9. The normalized spacial score (nSPS) is 10.5. The van der Waals surface area contributed by atoms with Crippen molar-refractivity contribution in [2.75, 3.05) is 7.05 Å². The Labute approximate surface area is 135 Å². The Kier molecular flexibility index (Phi) is 4.47. The van der Waals surface area contributed by atoms with Gasteiger partial charge in [-0.15, -0.1) is 0 Å². The monoisotopic (exact) mass is 306 g/mol. The highest BCUT2D eigenvalue weighted by molar-refractivity contribution is 5.93. The molecule has 0 saturated heterocycles. The van der Waals surface area contributed by atoms with Gasteiger partial charge in [-0.1, -0.05) is 30.3 Å². The molecule has 0 unspecified atom stereocenters. The maximum absolute atomic E-state index is 12.3. The van der Waals surface area contributed by atoms with E-state index in [1.54, 1.807) is 42.7 Å². The number of hydrogen-bond donors (Lipinski definition) is 0. The lowest BCUT2D eigenvalue weighted by atomic mass is 10.2. The molecule has 0 atom stereocenters. The highest BCUT2D eigenvalue weighted by Gasteiger charge is 2.12. The lowest BCUT2D eigenvalue weighted by Crippen LogP contribution is -2.26. The summed E-state index contributed by atoms with van der Waals surface area (Å²) in [6.45, 7) is 1.25. The van der Waals surface area contributed by atoms with Gasteiger partial charge in [-0.05, 0) is 17.7 Å². The van der Waals surface area contributed by atoms with E-state index in [0.717, 1.165) is 12.1 Å². The largest absolute Gasteiger partial charge is 0.337 e. The molecule has 0 fully saturated rings. The predicted octanol–water partition coefficient (Wildman–Crippen LogP) is 2.60. The summed E-state index contributed by atoms with van der Waals surface area (Å²) >= 11 is 0. The topological polar surface area (TPSA) is 51.0 Å². The van der Waals surface area contributed by atoms with Crippen molar-refractivity contribution in [3.63, 3.8) is 0 Å². The molecule has 5 nitrogen and oxygen atoms in total. The molecule has 0 saturated carbocycles. The summed E-state index contributed by atoms with van der Waals surface area (Å²) in [6.07, 6.45) is 7.03. The molecule has 2 heterocycles. The highest BCUT2D eigenvalue weighted by Crippen LogP contribution is 2.08. The molecule has 0 radical (unpaired) electrons. The van der Waals surface area contributed by atoms with Crippen molar-refractivity contribution < 1.29 is 4.79 Å². The van der Waals surface area contributed by atoms with Crippen LogP contribution in [0.2, 0.25) is 0 Å². The average molecular weight is 306 g/mol. The number of rotatable bonds is 5. The molecule has 1 aromatic carbocycles. The fourth-order valence-corrected chi connectivity index (χ4v) is 2.41. The summed E-state index contributed by atoms with van der Waals surface area (Å²) in [6, 6.07) is 13.6. The van der Waals surface area contributed by atoms with Gasteiger partial charge in [0.15, 0.2) is 0 Å². The first-order valence-corrected chi connectivity index (χ1v) is 7.43. The lowest BCUT2D eigenvalue weighted by molar-refractivity contribution is 0.0785. The Morgan fingerprint density at radius 2 is 1.83 bits per heavy atom. The van der Waals surface area contributed by atoms with Crippen LogP contribution in [0.1, 0.15) is 21.5 Å². The smallest absolute Gasteiger partial charge is 0.254 e. The van der Waals surface area contributed by atoms with Crippen LogP contribution in [0.15, 0.2) is 67.3 Å². The number of nitrogens with zero attached hydrogens (tertiary/aromatic N) is 4. The van der Waals surface area contributed by atoms with Crippen LogP contribution >= 0.6 is 0 Å². The summed E-state index contributed by atoms with van der Waals surface area (Å²) in [5, 5.41) is 4.37. The SMILES string of the molecule is CN(Cc1cnn(Cc2ccccc2)c1)C(=O)c1ccncc1. The average Bonchev–Trinajstić information content (AvgIpc) is 3.02. The van der Waals surface area contributed by atoms with Crippen molar-refractivity contribution in [3.8, 4) is 0 Å². The predicted molar refractivity (Wildman–Crippen MR) is 87.8 cm³/mol. The molecule has 23 heavy (non-hydrogen) atoms. The van der Waals surface area contributed by atoms with Crippen molar-refractivity contribution >= 4 is 5.91 Å². The van der Waals surface area contributed by atoms with Gasteiger partial charge in [-0.2, -0.15) is 5.10 Å². The van der Waals surface area contributed by atoms with Crippen LogP contribution < -0.4 is 0 Å². The third-order valence-electron chi connectivity index (χ3n) is 3.57. The van der Waals surface area contributed by atoms with E-state index >= 15 is 0 Å². The van der Waals surface area contributed by atoms with Gasteiger partial charge in [0.2, 0.25) is 0 Å². The molecular weight excluding hydrogens is 288 g/mol. The van der Waals surface area contributed by atoms with E-state index in [4.69, 9.17) is 0 Å². The molecule has 3 aromatic rings. The molecular formula is C18H18N4O. The van der Waals surface area contributed by atoms with Crippen molar-refractivity contribution in [1.82, 2.24) is 19.7 Å². The molecule has 0 aliphatic heterocycles. The van der Waals surface area contributed by atoms with Crippen LogP contribution in [0.25, 0.3) is 0 Å². The minimum absolute atomic E-state index is 0.0248. The van der Waals surface area contributed by atoms with Crippen LogP contribution in [-0.2, 0) is 13.1 Å². The van der Waals surface area contributed by atoms with E-state index in [1.165, 1.54) is 5.56 Å². The second kappa shape index (κ2) is 6.87. The van der Waals surface area contributed by atoms with E-state index in [9.17, 15) is 4.79 Å². The van der Waals surface area contributed by atoms with Crippen LogP contribution in [0.5, 0.6) is 0 Å². The third kappa shape index (κ3) is 3.83. The van der Waals surface area contributed by atoms with E-state index in [2.05, 4.69) is 22.2 Å². The maximum Gasteiger partial charge on any atom is 0.254 e. The minimum atomic E-state index is -0.0248. The summed E-state index contributed by atoms with van der Waals surface area (Å²) in [7, 11) is 1.79. The second-order valence-corrected chi connectivity index (χ2v) is 5.43. The van der Waals surface area contributed by atoms with Crippen LogP contribution in [0, 0.1) is 0 Å². The van der Waals surface area contributed by atoms with Gasteiger partial charge in [-0.3, -0.25) is 14.5 Å². The maximum atomic E-state index is 12.3. The van der Waals surface area contributed by atoms with Gasteiger partial charge < -0.3 is 4.90 Å². The molecule has 0 N–H and O–H groups in total. The molecule has 0 aliphatic rings. The van der Waals surface area contributed by atoms with Gasteiger partial charge in [0.1, 0.15) is 0 Å². The Bertz CT molecular complexity index is 768. The second-order valence-electron chi connectivity index (χ2n) is 5.43. The molecule has 0 bridgehead atoms. The lowest BCUT2D eigenvalue weighted by Gasteiger charge is -2.16. The zero-order valence-corrected chi connectivity index (χ0v) is 13.0. The molecule has 2 aromatic heterocycles.